The number of nitrogens with zero attached hydrogens (tertiary/aromatic N) is 2. The van der Waals surface area contributed by atoms with Crippen molar-refractivity contribution >= 4 is 38.9 Å². The van der Waals surface area contributed by atoms with Gasteiger partial charge in [-0.2, -0.15) is 0 Å². The van der Waals surface area contributed by atoms with Gasteiger partial charge in [-0.1, -0.05) is 21.6 Å². The van der Waals surface area contributed by atoms with Crippen molar-refractivity contribution in [3.8, 4) is 0 Å². The lowest BCUT2D eigenvalue weighted by atomic mass is 10.3. The van der Waals surface area contributed by atoms with Crippen LogP contribution in [0.2, 0.25) is 0 Å². The Morgan fingerprint density at radius 2 is 2.05 bits per heavy atom. The van der Waals surface area contributed by atoms with Gasteiger partial charge >= 0.3 is 5.97 Å². The van der Waals surface area contributed by atoms with Crippen molar-refractivity contribution in [2.24, 2.45) is 5.73 Å². The van der Waals surface area contributed by atoms with Gasteiger partial charge in [0.05, 0.1) is 27.9 Å². The molecule has 1 aromatic rings. The molecule has 0 aromatic heterocycles. The number of rotatable bonds is 7. The first-order chi connectivity index (χ1) is 9.86. The zero-order chi connectivity index (χ0) is 16.0. The fourth-order valence-corrected chi connectivity index (χ4v) is 3.49. The number of esters is 1. The van der Waals surface area contributed by atoms with Crippen molar-refractivity contribution < 1.29 is 19.4 Å². The van der Waals surface area contributed by atoms with Gasteiger partial charge in [-0.25, -0.2) is 0 Å². The maximum Gasteiger partial charge on any atom is 0.323 e. The number of hydrogen-bond donors (Lipinski definition) is 1. The Morgan fingerprint density at radius 3 is 2.57 bits per heavy atom. The number of carbonyl (C=O) groups excluding carboxylic acids is 1. The Bertz CT molecular complexity index is 568. The maximum absolute atomic E-state index is 11.1. The number of nitro benzene ring substituents is 2. The fraction of sp³-hybridized carbons (Fsp3) is 0.300. The van der Waals surface area contributed by atoms with Crippen LogP contribution in [0.3, 0.4) is 0 Å². The first kappa shape index (κ1) is 17.2. The van der Waals surface area contributed by atoms with Crippen LogP contribution in [0.5, 0.6) is 0 Å². The summed E-state index contributed by atoms with van der Waals surface area (Å²) in [5.41, 5.74) is 4.80. The van der Waals surface area contributed by atoms with E-state index >= 15 is 0 Å². The minimum Gasteiger partial charge on any atom is -0.468 e. The zero-order valence-corrected chi connectivity index (χ0v) is 12.4. The standard InChI is InChI=1S/C10H11N3O6S2/c1-19-10(14)7(11)5-20-21-9-3-2-6(12(15)16)4-8(9)13(17)18/h2-4,7H,5,11H2,1H3. The quantitative estimate of drug-likeness (QED) is 0.342. The predicted octanol–water partition coefficient (Wildman–Crippen LogP) is 1.74. The van der Waals surface area contributed by atoms with Gasteiger partial charge in [-0.3, -0.25) is 25.0 Å². The Balaban J connectivity index is 2.77. The Kier molecular flexibility index (Phi) is 6.39. The van der Waals surface area contributed by atoms with Crippen molar-refractivity contribution in [2.45, 2.75) is 10.9 Å². The molecule has 1 atom stereocenters. The van der Waals surface area contributed by atoms with E-state index < -0.39 is 21.9 Å². The molecule has 0 saturated heterocycles. The number of benzene rings is 1. The van der Waals surface area contributed by atoms with Crippen LogP contribution in [0.4, 0.5) is 11.4 Å². The average Bonchev–Trinajstić information content (AvgIpc) is 2.45. The molecule has 1 aromatic carbocycles. The van der Waals surface area contributed by atoms with Crippen LogP contribution in [0.1, 0.15) is 0 Å². The molecule has 0 aliphatic carbocycles. The minimum atomic E-state index is -0.843. The van der Waals surface area contributed by atoms with Crippen LogP contribution < -0.4 is 5.73 Å². The molecule has 21 heavy (non-hydrogen) atoms. The summed E-state index contributed by atoms with van der Waals surface area (Å²) >= 11 is 0. The number of carbonyl (C=O) groups is 1. The molecule has 0 radical (unpaired) electrons. The van der Waals surface area contributed by atoms with E-state index in [1.54, 1.807) is 0 Å². The maximum atomic E-state index is 11.1. The van der Waals surface area contributed by atoms with Crippen molar-refractivity contribution in [3.05, 3.63) is 38.4 Å². The highest BCUT2D eigenvalue weighted by Crippen LogP contribution is 2.39. The number of hydrogen-bond acceptors (Lipinski definition) is 9. The summed E-state index contributed by atoms with van der Waals surface area (Å²) in [7, 11) is 3.35. The molecule has 1 rings (SSSR count). The van der Waals surface area contributed by atoms with Gasteiger partial charge in [0.1, 0.15) is 6.04 Å². The second-order valence-electron chi connectivity index (χ2n) is 3.66. The van der Waals surface area contributed by atoms with Crippen molar-refractivity contribution in [1.82, 2.24) is 0 Å². The molecule has 0 amide bonds. The number of nitro groups is 2. The third-order valence-electron chi connectivity index (χ3n) is 2.25. The highest BCUT2D eigenvalue weighted by molar-refractivity contribution is 8.76. The van der Waals surface area contributed by atoms with E-state index in [-0.39, 0.29) is 22.0 Å². The third kappa shape index (κ3) is 4.88. The van der Waals surface area contributed by atoms with Crippen LogP contribution in [-0.2, 0) is 9.53 Å². The van der Waals surface area contributed by atoms with Crippen LogP contribution >= 0.6 is 21.6 Å². The molecule has 9 nitrogen and oxygen atoms in total. The summed E-state index contributed by atoms with van der Waals surface area (Å²) in [5, 5.41) is 21.5. The van der Waals surface area contributed by atoms with Gasteiger partial charge in [-0.05, 0) is 6.07 Å². The highest BCUT2D eigenvalue weighted by Gasteiger charge is 2.21. The number of nitrogens with two attached hydrogens (primary N) is 1. The predicted molar refractivity (Wildman–Crippen MR) is 78.1 cm³/mol. The summed E-state index contributed by atoms with van der Waals surface area (Å²) in [5.74, 6) is -0.396. The molecule has 11 heteroatoms. The first-order valence-electron chi connectivity index (χ1n) is 5.42. The van der Waals surface area contributed by atoms with E-state index in [1.165, 1.54) is 19.2 Å². The summed E-state index contributed by atoms with van der Waals surface area (Å²) in [6, 6.07) is 2.52. The second-order valence-corrected chi connectivity index (χ2v) is 6.05. The van der Waals surface area contributed by atoms with E-state index in [2.05, 4.69) is 4.74 Å². The van der Waals surface area contributed by atoms with Gasteiger partial charge in [0.2, 0.25) is 0 Å². The molecule has 0 aliphatic heterocycles. The summed E-state index contributed by atoms with van der Waals surface area (Å²) in [4.78, 5) is 31.4. The molecule has 0 spiro atoms. The molecule has 0 bridgehead atoms. The zero-order valence-electron chi connectivity index (χ0n) is 10.8. The van der Waals surface area contributed by atoms with Crippen LogP contribution in [-0.4, -0.2) is 34.7 Å². The Labute approximate surface area is 126 Å². The lowest BCUT2D eigenvalue weighted by Gasteiger charge is -2.08. The molecule has 0 saturated carbocycles. The number of ether oxygens (including phenoxy) is 1. The molecule has 0 heterocycles. The normalized spacial score (nSPS) is 11.7. The molecule has 1 unspecified atom stereocenters. The summed E-state index contributed by atoms with van der Waals surface area (Å²) < 4.78 is 4.45. The Morgan fingerprint density at radius 1 is 1.38 bits per heavy atom. The first-order valence-corrected chi connectivity index (χ1v) is 7.74. The molecular formula is C10H11N3O6S2. The second kappa shape index (κ2) is 7.81. The van der Waals surface area contributed by atoms with E-state index in [0.717, 1.165) is 27.7 Å². The third-order valence-corrected chi connectivity index (χ3v) is 4.69. The van der Waals surface area contributed by atoms with E-state index in [1.807, 2.05) is 0 Å². The van der Waals surface area contributed by atoms with Gasteiger partial charge in [0.25, 0.3) is 11.4 Å². The number of methoxy groups -OCH3 is 1. The SMILES string of the molecule is COC(=O)C(N)CSSc1ccc([N+](=O)[O-])cc1[N+](=O)[O-]. The number of non-ortho nitro benzene ring substituents is 1. The van der Waals surface area contributed by atoms with Crippen molar-refractivity contribution in [2.75, 3.05) is 12.9 Å². The van der Waals surface area contributed by atoms with Gasteiger partial charge in [0, 0.05) is 11.8 Å². The molecule has 114 valence electrons. The van der Waals surface area contributed by atoms with Crippen molar-refractivity contribution in [1.29, 1.82) is 0 Å². The highest BCUT2D eigenvalue weighted by atomic mass is 33.1. The van der Waals surface area contributed by atoms with E-state index in [9.17, 15) is 25.0 Å². The lowest BCUT2D eigenvalue weighted by molar-refractivity contribution is -0.396. The van der Waals surface area contributed by atoms with E-state index in [0.29, 0.717) is 0 Å². The molecule has 2 N–H and O–H groups in total. The molecular weight excluding hydrogens is 322 g/mol. The summed E-state index contributed by atoms with van der Waals surface area (Å²) in [6.45, 7) is 0. The van der Waals surface area contributed by atoms with Gasteiger partial charge < -0.3 is 10.5 Å². The van der Waals surface area contributed by atoms with Crippen molar-refractivity contribution in [3.63, 3.8) is 0 Å². The van der Waals surface area contributed by atoms with Gasteiger partial charge in [-0.15, -0.1) is 0 Å². The van der Waals surface area contributed by atoms with E-state index in [4.69, 9.17) is 5.73 Å². The Hall–Kier alpha value is -1.85. The monoisotopic (exact) mass is 333 g/mol. The smallest absolute Gasteiger partial charge is 0.323 e. The van der Waals surface area contributed by atoms with Crippen LogP contribution in [0.15, 0.2) is 23.1 Å². The fourth-order valence-electron chi connectivity index (χ4n) is 1.22. The average molecular weight is 333 g/mol. The molecule has 0 fully saturated rings. The van der Waals surface area contributed by atoms with Crippen LogP contribution in [0, 0.1) is 20.2 Å². The topological polar surface area (TPSA) is 139 Å². The van der Waals surface area contributed by atoms with Crippen LogP contribution in [0.25, 0.3) is 0 Å². The lowest BCUT2D eigenvalue weighted by Crippen LogP contribution is -2.33. The van der Waals surface area contributed by atoms with Gasteiger partial charge in [0.15, 0.2) is 0 Å². The largest absolute Gasteiger partial charge is 0.468 e. The summed E-state index contributed by atoms with van der Waals surface area (Å²) in [6.07, 6.45) is 0. The minimum absolute atomic E-state index is 0.186. The molecule has 0 aliphatic rings.